The molecule has 0 bridgehead atoms. The van der Waals surface area contributed by atoms with E-state index in [2.05, 4.69) is 0 Å². The van der Waals surface area contributed by atoms with Crippen LogP contribution in [0.2, 0.25) is 5.02 Å². The van der Waals surface area contributed by atoms with E-state index < -0.39 is 0 Å². The summed E-state index contributed by atoms with van der Waals surface area (Å²) in [5.74, 6) is 0.446. The van der Waals surface area contributed by atoms with Crippen LogP contribution in [-0.4, -0.2) is 37.0 Å². The van der Waals surface area contributed by atoms with Crippen LogP contribution in [0.3, 0.4) is 0 Å². The van der Waals surface area contributed by atoms with E-state index in [0.717, 1.165) is 18.7 Å². The predicted molar refractivity (Wildman–Crippen MR) is 72.9 cm³/mol. The maximum atomic E-state index is 11.0. The molecule has 1 atom stereocenters. The number of hydrogen-bond acceptors (Lipinski definition) is 3. The van der Waals surface area contributed by atoms with E-state index in [1.807, 2.05) is 24.1 Å². The molecule has 0 heterocycles. The normalized spacial score (nSPS) is 12.4. The molecular weight excluding hydrogens is 252 g/mol. The highest BCUT2D eigenvalue weighted by Crippen LogP contribution is 2.17. The molecule has 2 N–H and O–H groups in total. The number of amides is 1. The molecule has 5 heteroatoms. The molecule has 1 aromatic carbocycles. The van der Waals surface area contributed by atoms with Crippen molar-refractivity contribution in [3.8, 4) is 5.75 Å². The van der Waals surface area contributed by atoms with Gasteiger partial charge in [0.2, 0.25) is 5.91 Å². The molecule has 0 aromatic heterocycles. The van der Waals surface area contributed by atoms with Crippen LogP contribution in [0.5, 0.6) is 5.75 Å². The Kier molecular flexibility index (Phi) is 5.95. The van der Waals surface area contributed by atoms with Crippen molar-refractivity contribution in [3.63, 3.8) is 0 Å². The van der Waals surface area contributed by atoms with E-state index in [-0.39, 0.29) is 11.9 Å². The van der Waals surface area contributed by atoms with Gasteiger partial charge >= 0.3 is 0 Å². The van der Waals surface area contributed by atoms with Crippen molar-refractivity contribution < 1.29 is 9.53 Å². The molecule has 0 aliphatic heterocycles. The fourth-order valence-corrected chi connectivity index (χ4v) is 1.65. The highest BCUT2D eigenvalue weighted by Gasteiger charge is 2.13. The van der Waals surface area contributed by atoms with Crippen molar-refractivity contribution in [2.75, 3.05) is 20.2 Å². The Hall–Kier alpha value is -1.26. The Morgan fingerprint density at radius 3 is 2.89 bits per heavy atom. The number of nitrogens with two attached hydrogens (primary N) is 1. The summed E-state index contributed by atoms with van der Waals surface area (Å²) in [4.78, 5) is 12.9. The number of benzene rings is 1. The van der Waals surface area contributed by atoms with Crippen LogP contribution in [-0.2, 0) is 4.79 Å². The van der Waals surface area contributed by atoms with Crippen molar-refractivity contribution in [1.29, 1.82) is 0 Å². The molecule has 0 aliphatic rings. The first-order valence-electron chi connectivity index (χ1n) is 5.88. The first-order chi connectivity index (χ1) is 8.50. The van der Waals surface area contributed by atoms with Gasteiger partial charge in [0.25, 0.3) is 0 Å². The fraction of sp³-hybridized carbons (Fsp3) is 0.462. The van der Waals surface area contributed by atoms with E-state index >= 15 is 0 Å². The average Bonchev–Trinajstić information content (AvgIpc) is 2.33. The lowest BCUT2D eigenvalue weighted by Gasteiger charge is -2.21. The summed E-state index contributed by atoms with van der Waals surface area (Å²) < 4.78 is 5.55. The van der Waals surface area contributed by atoms with E-state index in [9.17, 15) is 4.79 Å². The van der Waals surface area contributed by atoms with Crippen molar-refractivity contribution >= 4 is 17.5 Å². The SMILES string of the molecule is C[C@@H](C(N)=O)N(C)CCCOc1cccc(Cl)c1. The zero-order valence-corrected chi connectivity index (χ0v) is 11.5. The molecule has 0 spiro atoms. The van der Waals surface area contributed by atoms with Gasteiger partial charge in [-0.3, -0.25) is 9.69 Å². The molecule has 0 aliphatic carbocycles. The summed E-state index contributed by atoms with van der Waals surface area (Å²) in [7, 11) is 1.87. The molecule has 100 valence electrons. The predicted octanol–water partition coefficient (Wildman–Crippen LogP) is 1.91. The third kappa shape index (κ3) is 4.94. The fourth-order valence-electron chi connectivity index (χ4n) is 1.47. The van der Waals surface area contributed by atoms with Crippen LogP contribution in [0.15, 0.2) is 24.3 Å². The molecule has 18 heavy (non-hydrogen) atoms. The summed E-state index contributed by atoms with van der Waals surface area (Å²) in [5, 5.41) is 0.659. The third-order valence-corrected chi connectivity index (χ3v) is 3.03. The molecule has 1 rings (SSSR count). The number of primary amides is 1. The zero-order chi connectivity index (χ0) is 13.5. The summed E-state index contributed by atoms with van der Waals surface area (Å²) in [6, 6.07) is 7.03. The number of ether oxygens (including phenoxy) is 1. The number of likely N-dealkylation sites (N-methyl/N-ethyl adjacent to an activating group) is 1. The van der Waals surface area contributed by atoms with Gasteiger partial charge in [-0.1, -0.05) is 17.7 Å². The Morgan fingerprint density at radius 2 is 2.28 bits per heavy atom. The second-order valence-electron chi connectivity index (χ2n) is 4.22. The number of carbonyl (C=O) groups excluding carboxylic acids is 1. The minimum atomic E-state index is -0.312. The van der Waals surface area contributed by atoms with Gasteiger partial charge in [-0.05, 0) is 38.6 Å². The molecule has 0 unspecified atom stereocenters. The van der Waals surface area contributed by atoms with Crippen molar-refractivity contribution in [3.05, 3.63) is 29.3 Å². The van der Waals surface area contributed by atoms with Crippen LogP contribution in [0.4, 0.5) is 0 Å². The number of carbonyl (C=O) groups is 1. The lowest BCUT2D eigenvalue weighted by atomic mass is 10.2. The van der Waals surface area contributed by atoms with Crippen LogP contribution in [0.1, 0.15) is 13.3 Å². The molecule has 1 aromatic rings. The molecule has 0 fully saturated rings. The van der Waals surface area contributed by atoms with Crippen molar-refractivity contribution in [1.82, 2.24) is 4.90 Å². The molecule has 1 amide bonds. The first kappa shape index (κ1) is 14.8. The lowest BCUT2D eigenvalue weighted by molar-refractivity contribution is -0.122. The smallest absolute Gasteiger partial charge is 0.234 e. The number of hydrogen-bond donors (Lipinski definition) is 1. The first-order valence-corrected chi connectivity index (χ1v) is 6.26. The van der Waals surface area contributed by atoms with Gasteiger partial charge in [-0.15, -0.1) is 0 Å². The summed E-state index contributed by atoms with van der Waals surface area (Å²) >= 11 is 5.84. The molecular formula is C13H19ClN2O2. The van der Waals surface area contributed by atoms with Crippen LogP contribution in [0, 0.1) is 0 Å². The number of rotatable bonds is 7. The maximum Gasteiger partial charge on any atom is 0.234 e. The van der Waals surface area contributed by atoms with Crippen LogP contribution in [0.25, 0.3) is 0 Å². The van der Waals surface area contributed by atoms with Gasteiger partial charge in [-0.25, -0.2) is 0 Å². The Labute approximate surface area is 113 Å². The van der Waals surface area contributed by atoms with E-state index in [0.29, 0.717) is 11.6 Å². The van der Waals surface area contributed by atoms with Gasteiger partial charge in [0.1, 0.15) is 5.75 Å². The zero-order valence-electron chi connectivity index (χ0n) is 10.7. The number of nitrogens with zero attached hydrogens (tertiary/aromatic N) is 1. The Bertz CT molecular complexity index is 398. The van der Waals surface area contributed by atoms with Crippen molar-refractivity contribution in [2.24, 2.45) is 5.73 Å². The minimum Gasteiger partial charge on any atom is -0.493 e. The molecule has 4 nitrogen and oxygen atoms in total. The molecule has 0 saturated heterocycles. The van der Waals surface area contributed by atoms with Gasteiger partial charge in [0, 0.05) is 11.6 Å². The highest BCUT2D eigenvalue weighted by atomic mass is 35.5. The summed E-state index contributed by atoms with van der Waals surface area (Å²) in [5.41, 5.74) is 5.22. The molecule has 0 radical (unpaired) electrons. The lowest BCUT2D eigenvalue weighted by Crippen LogP contribution is -2.40. The highest BCUT2D eigenvalue weighted by molar-refractivity contribution is 6.30. The topological polar surface area (TPSA) is 55.6 Å². The van der Waals surface area contributed by atoms with Gasteiger partial charge < -0.3 is 10.5 Å². The summed E-state index contributed by atoms with van der Waals surface area (Å²) in [6.45, 7) is 3.13. The number of halogens is 1. The Balaban J connectivity index is 2.25. The van der Waals surface area contributed by atoms with Gasteiger partial charge in [0.05, 0.1) is 12.6 Å². The van der Waals surface area contributed by atoms with Crippen molar-refractivity contribution in [2.45, 2.75) is 19.4 Å². The largest absolute Gasteiger partial charge is 0.493 e. The standard InChI is InChI=1S/C13H19ClN2O2/c1-10(13(15)17)16(2)7-4-8-18-12-6-3-5-11(14)9-12/h3,5-6,9-10H,4,7-8H2,1-2H3,(H2,15,17)/t10-/m0/s1. The monoisotopic (exact) mass is 270 g/mol. The van der Waals surface area contributed by atoms with Gasteiger partial charge in [0.15, 0.2) is 0 Å². The van der Waals surface area contributed by atoms with Gasteiger partial charge in [-0.2, -0.15) is 0 Å². The Morgan fingerprint density at radius 1 is 1.56 bits per heavy atom. The van der Waals surface area contributed by atoms with E-state index in [1.54, 1.807) is 19.1 Å². The average molecular weight is 271 g/mol. The van der Waals surface area contributed by atoms with Crippen LogP contribution >= 0.6 is 11.6 Å². The van der Waals surface area contributed by atoms with Crippen LogP contribution < -0.4 is 10.5 Å². The second-order valence-corrected chi connectivity index (χ2v) is 4.65. The van der Waals surface area contributed by atoms with E-state index in [4.69, 9.17) is 22.1 Å². The third-order valence-electron chi connectivity index (χ3n) is 2.79. The molecule has 0 saturated carbocycles. The second kappa shape index (κ2) is 7.24. The van der Waals surface area contributed by atoms with E-state index in [1.165, 1.54) is 0 Å². The quantitative estimate of drug-likeness (QED) is 0.770. The maximum absolute atomic E-state index is 11.0. The minimum absolute atomic E-state index is 0.254. The summed E-state index contributed by atoms with van der Waals surface area (Å²) in [6.07, 6.45) is 0.820.